The molecule has 2 N–H and O–H groups in total. The maximum atomic E-state index is 11.9. The molecule has 0 aliphatic rings. The van der Waals surface area contributed by atoms with Crippen LogP contribution in [0.25, 0.3) is 11.5 Å². The number of carbonyl (C=O) groups excluding carboxylic acids is 1. The molecule has 3 rings (SSSR count). The lowest BCUT2D eigenvalue weighted by atomic mass is 10.2. The zero-order valence-electron chi connectivity index (χ0n) is 13.6. The molecule has 3 aromatic rings. The van der Waals surface area contributed by atoms with Crippen molar-refractivity contribution in [2.45, 2.75) is 20.0 Å². The quantitative estimate of drug-likeness (QED) is 0.667. The van der Waals surface area contributed by atoms with Crippen LogP contribution in [0.3, 0.4) is 0 Å². The summed E-state index contributed by atoms with van der Waals surface area (Å²) in [5.41, 5.74) is 1.20. The summed E-state index contributed by atoms with van der Waals surface area (Å²) in [5.74, 6) is 1.03. The van der Waals surface area contributed by atoms with Gasteiger partial charge in [-0.15, -0.1) is 5.10 Å². The summed E-state index contributed by atoms with van der Waals surface area (Å²) in [7, 11) is 1.47. The first-order valence-corrected chi connectivity index (χ1v) is 7.38. The first kappa shape index (κ1) is 16.4. The Morgan fingerprint density at radius 2 is 2.28 bits per heavy atom. The molecule has 1 amide bonds. The zero-order valence-corrected chi connectivity index (χ0v) is 13.6. The van der Waals surface area contributed by atoms with Crippen LogP contribution in [0, 0.1) is 6.92 Å². The summed E-state index contributed by atoms with van der Waals surface area (Å²) < 4.78 is 11.9. The van der Waals surface area contributed by atoms with Crippen LogP contribution in [0.2, 0.25) is 0 Å². The van der Waals surface area contributed by atoms with Gasteiger partial charge in [-0.05, 0) is 35.5 Å². The Labute approximate surface area is 142 Å². The molecule has 10 heteroatoms. The largest absolute Gasteiger partial charge is 0.504 e. The maximum absolute atomic E-state index is 11.9. The molecule has 0 atom stereocenters. The van der Waals surface area contributed by atoms with E-state index in [1.807, 2.05) is 0 Å². The third-order valence-electron chi connectivity index (χ3n) is 3.47. The molecule has 0 spiro atoms. The number of ether oxygens (including phenoxy) is 1. The van der Waals surface area contributed by atoms with Crippen molar-refractivity contribution in [2.75, 3.05) is 7.11 Å². The Hall–Kier alpha value is -3.43. The Bertz CT molecular complexity index is 874. The van der Waals surface area contributed by atoms with Gasteiger partial charge in [-0.3, -0.25) is 4.79 Å². The number of amides is 1. The van der Waals surface area contributed by atoms with E-state index in [2.05, 4.69) is 25.8 Å². The van der Waals surface area contributed by atoms with E-state index in [0.717, 1.165) is 0 Å². The zero-order chi connectivity index (χ0) is 17.8. The number of oxazole rings is 1. The molecule has 0 saturated heterocycles. The van der Waals surface area contributed by atoms with Crippen molar-refractivity contribution in [1.29, 1.82) is 0 Å². The molecule has 0 saturated carbocycles. The summed E-state index contributed by atoms with van der Waals surface area (Å²) in [5, 5.41) is 23.1. The second kappa shape index (κ2) is 6.99. The molecule has 2 aromatic heterocycles. The van der Waals surface area contributed by atoms with Crippen LogP contribution in [0.1, 0.15) is 11.5 Å². The molecule has 2 heterocycles. The number of aryl methyl sites for hydroxylation is 1. The van der Waals surface area contributed by atoms with Gasteiger partial charge < -0.3 is 19.6 Å². The van der Waals surface area contributed by atoms with E-state index in [1.54, 1.807) is 19.1 Å². The van der Waals surface area contributed by atoms with Crippen molar-refractivity contribution in [2.24, 2.45) is 0 Å². The van der Waals surface area contributed by atoms with Gasteiger partial charge in [-0.1, -0.05) is 0 Å². The minimum Gasteiger partial charge on any atom is -0.504 e. The highest BCUT2D eigenvalue weighted by Gasteiger charge is 2.14. The molecule has 25 heavy (non-hydrogen) atoms. The van der Waals surface area contributed by atoms with E-state index in [-0.39, 0.29) is 24.7 Å². The van der Waals surface area contributed by atoms with Gasteiger partial charge in [-0.25, -0.2) is 9.67 Å². The standard InChI is InChI=1S/C15H16N6O4/c1-9-11(6-16-14(23)7-21-8-17-19-20-21)18-15(25-9)10-3-4-13(24-2)12(22)5-10/h3-5,8,22H,6-7H2,1-2H3,(H,16,23). The number of nitrogens with zero attached hydrogens (tertiary/aromatic N) is 5. The first-order chi connectivity index (χ1) is 12.1. The number of hydrogen-bond donors (Lipinski definition) is 2. The molecule has 0 unspecified atom stereocenters. The number of phenols is 1. The second-order valence-electron chi connectivity index (χ2n) is 5.19. The third kappa shape index (κ3) is 3.74. The molecule has 0 aliphatic carbocycles. The minimum atomic E-state index is -0.252. The summed E-state index contributed by atoms with van der Waals surface area (Å²) in [6.07, 6.45) is 1.36. The average molecular weight is 344 g/mol. The molecule has 130 valence electrons. The van der Waals surface area contributed by atoms with E-state index in [0.29, 0.717) is 28.7 Å². The average Bonchev–Trinajstić information content (AvgIpc) is 3.22. The molecule has 0 radical (unpaired) electrons. The predicted octanol–water partition coefficient (Wildman–Crippen LogP) is 0.667. The van der Waals surface area contributed by atoms with Gasteiger partial charge in [0, 0.05) is 5.56 Å². The van der Waals surface area contributed by atoms with Crippen molar-refractivity contribution in [3.05, 3.63) is 36.0 Å². The monoisotopic (exact) mass is 344 g/mol. The molecule has 0 aliphatic heterocycles. The normalized spacial score (nSPS) is 10.6. The summed E-state index contributed by atoms with van der Waals surface area (Å²) in [4.78, 5) is 16.2. The van der Waals surface area contributed by atoms with Crippen LogP contribution in [-0.4, -0.2) is 43.3 Å². The van der Waals surface area contributed by atoms with Gasteiger partial charge in [0.1, 0.15) is 24.3 Å². The van der Waals surface area contributed by atoms with Crippen molar-refractivity contribution < 1.29 is 19.1 Å². The smallest absolute Gasteiger partial charge is 0.242 e. The lowest BCUT2D eigenvalue weighted by molar-refractivity contribution is -0.122. The highest BCUT2D eigenvalue weighted by Crippen LogP contribution is 2.31. The van der Waals surface area contributed by atoms with Gasteiger partial charge in [-0.2, -0.15) is 0 Å². The van der Waals surface area contributed by atoms with Crippen LogP contribution < -0.4 is 10.1 Å². The van der Waals surface area contributed by atoms with Crippen molar-refractivity contribution in [3.8, 4) is 23.0 Å². The highest BCUT2D eigenvalue weighted by molar-refractivity contribution is 5.75. The van der Waals surface area contributed by atoms with Crippen LogP contribution in [0.4, 0.5) is 0 Å². The number of aromatic hydroxyl groups is 1. The van der Waals surface area contributed by atoms with E-state index in [9.17, 15) is 9.90 Å². The van der Waals surface area contributed by atoms with Crippen molar-refractivity contribution in [3.63, 3.8) is 0 Å². The molecule has 10 nitrogen and oxygen atoms in total. The van der Waals surface area contributed by atoms with Crippen molar-refractivity contribution in [1.82, 2.24) is 30.5 Å². The van der Waals surface area contributed by atoms with Crippen molar-refractivity contribution >= 4 is 5.91 Å². The second-order valence-corrected chi connectivity index (χ2v) is 5.19. The fraction of sp³-hybridized carbons (Fsp3) is 0.267. The van der Waals surface area contributed by atoms with Gasteiger partial charge in [0.05, 0.1) is 13.7 Å². The van der Waals surface area contributed by atoms with E-state index in [4.69, 9.17) is 9.15 Å². The molecular weight excluding hydrogens is 328 g/mol. The molecule has 1 aromatic carbocycles. The van der Waals surface area contributed by atoms with Crippen LogP contribution in [0.15, 0.2) is 28.9 Å². The fourth-order valence-electron chi connectivity index (χ4n) is 2.18. The molecule has 0 fully saturated rings. The van der Waals surface area contributed by atoms with Crippen LogP contribution >= 0.6 is 0 Å². The van der Waals surface area contributed by atoms with Crippen LogP contribution in [0.5, 0.6) is 11.5 Å². The first-order valence-electron chi connectivity index (χ1n) is 7.38. The van der Waals surface area contributed by atoms with E-state index in [1.165, 1.54) is 24.2 Å². The Kier molecular flexibility index (Phi) is 4.59. The Balaban J connectivity index is 1.68. The van der Waals surface area contributed by atoms with Crippen LogP contribution in [-0.2, 0) is 17.9 Å². The number of benzene rings is 1. The topological polar surface area (TPSA) is 128 Å². The Morgan fingerprint density at radius 1 is 1.44 bits per heavy atom. The lowest BCUT2D eigenvalue weighted by Gasteiger charge is -2.03. The number of carbonyl (C=O) groups is 1. The van der Waals surface area contributed by atoms with Gasteiger partial charge in [0.15, 0.2) is 11.5 Å². The summed E-state index contributed by atoms with van der Waals surface area (Å²) in [6, 6.07) is 4.85. The fourth-order valence-corrected chi connectivity index (χ4v) is 2.18. The number of hydrogen-bond acceptors (Lipinski definition) is 8. The van der Waals surface area contributed by atoms with E-state index < -0.39 is 0 Å². The maximum Gasteiger partial charge on any atom is 0.242 e. The third-order valence-corrected chi connectivity index (χ3v) is 3.47. The molecular formula is C15H16N6O4. The Morgan fingerprint density at radius 3 is 2.96 bits per heavy atom. The van der Waals surface area contributed by atoms with E-state index >= 15 is 0 Å². The molecule has 0 bridgehead atoms. The van der Waals surface area contributed by atoms with Gasteiger partial charge in [0.25, 0.3) is 0 Å². The minimum absolute atomic E-state index is 0.00727. The number of phenolic OH excluding ortho intramolecular Hbond substituents is 1. The number of tetrazole rings is 1. The predicted molar refractivity (Wildman–Crippen MR) is 84.6 cm³/mol. The van der Waals surface area contributed by atoms with Gasteiger partial charge in [0.2, 0.25) is 11.8 Å². The number of rotatable bonds is 6. The number of aromatic nitrogens is 5. The number of nitrogens with one attached hydrogen (secondary N) is 1. The summed E-state index contributed by atoms with van der Waals surface area (Å²) >= 11 is 0. The lowest BCUT2D eigenvalue weighted by Crippen LogP contribution is -2.27. The van der Waals surface area contributed by atoms with Gasteiger partial charge >= 0.3 is 0 Å². The summed E-state index contributed by atoms with van der Waals surface area (Å²) in [6.45, 7) is 1.98. The highest BCUT2D eigenvalue weighted by atomic mass is 16.5. The SMILES string of the molecule is COc1ccc(-c2nc(CNC(=O)Cn3cnnn3)c(C)o2)cc1O. The number of methoxy groups -OCH3 is 1.